The Morgan fingerprint density at radius 1 is 1.41 bits per heavy atom. The molecule has 0 radical (unpaired) electrons. The molecular weight excluding hydrogens is 272 g/mol. The molecule has 1 N–H and O–H groups in total. The average Bonchev–Trinajstić information content (AvgIpc) is 2.46. The van der Waals surface area contributed by atoms with Gasteiger partial charge in [-0.2, -0.15) is 0 Å². The molecule has 0 bridgehead atoms. The van der Waals surface area contributed by atoms with Crippen LogP contribution in [0.4, 0.5) is 0 Å². The molecule has 2 rings (SSSR count). The molecule has 2 aliphatic rings. The zero-order valence-electron chi connectivity index (χ0n) is 14.5. The highest BCUT2D eigenvalue weighted by molar-refractivity contribution is 5.60. The lowest BCUT2D eigenvalue weighted by Gasteiger charge is -2.57. The van der Waals surface area contributed by atoms with Gasteiger partial charge in [0.2, 0.25) is 0 Å². The molecule has 0 amide bonds. The lowest BCUT2D eigenvalue weighted by atomic mass is 9.47. The number of hydrogen-bond acceptors (Lipinski definition) is 2. The van der Waals surface area contributed by atoms with Crippen molar-refractivity contribution in [3.63, 3.8) is 0 Å². The summed E-state index contributed by atoms with van der Waals surface area (Å²) in [4.78, 5) is 11.8. The minimum atomic E-state index is -0.151. The van der Waals surface area contributed by atoms with E-state index >= 15 is 0 Å². The van der Waals surface area contributed by atoms with E-state index in [0.29, 0.717) is 11.8 Å². The predicted octanol–water partition coefficient (Wildman–Crippen LogP) is 4.68. The maximum Gasteiger partial charge on any atom is 0.126 e. The van der Waals surface area contributed by atoms with Gasteiger partial charge in [-0.05, 0) is 62.7 Å². The topological polar surface area (TPSA) is 37.3 Å². The van der Waals surface area contributed by atoms with E-state index in [9.17, 15) is 4.79 Å². The van der Waals surface area contributed by atoms with Crippen molar-refractivity contribution in [1.82, 2.24) is 0 Å². The average molecular weight is 304 g/mol. The van der Waals surface area contributed by atoms with Gasteiger partial charge in [-0.15, -0.1) is 0 Å². The number of allylic oxidation sites excluding steroid dienone is 2. The lowest BCUT2D eigenvalue weighted by molar-refractivity contribution is -0.130. The van der Waals surface area contributed by atoms with Gasteiger partial charge in [-0.25, -0.2) is 0 Å². The number of aldehydes is 1. The Kier molecular flexibility index (Phi) is 5.32. The van der Waals surface area contributed by atoms with Gasteiger partial charge in [-0.3, -0.25) is 0 Å². The highest BCUT2D eigenvalue weighted by Gasteiger charge is 2.54. The maximum atomic E-state index is 11.8. The number of carbonyl (C=O) groups excluding carboxylic acids is 1. The quantitative estimate of drug-likeness (QED) is 0.591. The largest absolute Gasteiger partial charge is 0.392 e. The molecule has 2 fully saturated rings. The lowest BCUT2D eigenvalue weighted by Crippen LogP contribution is -2.51. The van der Waals surface area contributed by atoms with Crippen molar-refractivity contribution in [3.05, 3.63) is 23.8 Å². The Hall–Kier alpha value is -0.890. The highest BCUT2D eigenvalue weighted by atomic mass is 16.2. The summed E-state index contributed by atoms with van der Waals surface area (Å²) in [7, 11) is 0. The number of aliphatic hydroxyl groups is 1. The molecule has 0 aliphatic heterocycles. The Morgan fingerprint density at radius 3 is 2.77 bits per heavy atom. The second-order valence-electron chi connectivity index (χ2n) is 8.06. The van der Waals surface area contributed by atoms with Crippen molar-refractivity contribution in [2.45, 2.75) is 65.7 Å². The number of carbonyl (C=O) groups is 1. The first-order chi connectivity index (χ1) is 10.4. The van der Waals surface area contributed by atoms with Crippen LogP contribution in [0, 0.1) is 22.7 Å². The Bertz CT molecular complexity index is 464. The van der Waals surface area contributed by atoms with Gasteiger partial charge in [0, 0.05) is 5.41 Å². The molecule has 0 saturated heterocycles. The fraction of sp³-hybridized carbons (Fsp3) is 0.750. The van der Waals surface area contributed by atoms with Gasteiger partial charge in [0.1, 0.15) is 6.29 Å². The minimum absolute atomic E-state index is 0.126. The van der Waals surface area contributed by atoms with Crippen LogP contribution >= 0.6 is 0 Å². The number of aliphatic hydroxyl groups excluding tert-OH is 1. The summed E-state index contributed by atoms with van der Waals surface area (Å²) in [6.07, 6.45) is 10.8. The molecular formula is C20H32O2. The molecule has 2 aliphatic carbocycles. The van der Waals surface area contributed by atoms with Crippen LogP contribution in [0.5, 0.6) is 0 Å². The summed E-state index contributed by atoms with van der Waals surface area (Å²) in [5, 5.41) is 9.03. The van der Waals surface area contributed by atoms with E-state index in [1.807, 2.05) is 6.08 Å². The summed E-state index contributed by atoms with van der Waals surface area (Å²) in [5.41, 5.74) is 2.70. The maximum absolute atomic E-state index is 11.8. The predicted molar refractivity (Wildman–Crippen MR) is 91.6 cm³/mol. The molecule has 124 valence electrons. The van der Waals surface area contributed by atoms with E-state index in [1.54, 1.807) is 0 Å². The molecule has 0 unspecified atom stereocenters. The van der Waals surface area contributed by atoms with E-state index in [2.05, 4.69) is 27.4 Å². The van der Waals surface area contributed by atoms with Gasteiger partial charge in [0.25, 0.3) is 0 Å². The van der Waals surface area contributed by atoms with E-state index in [-0.39, 0.29) is 17.4 Å². The van der Waals surface area contributed by atoms with Crippen molar-refractivity contribution in [2.24, 2.45) is 22.7 Å². The molecule has 0 aromatic rings. The summed E-state index contributed by atoms with van der Waals surface area (Å²) in [6, 6.07) is 0. The van der Waals surface area contributed by atoms with Crippen LogP contribution in [0.3, 0.4) is 0 Å². The van der Waals surface area contributed by atoms with E-state index in [1.165, 1.54) is 23.9 Å². The van der Waals surface area contributed by atoms with Gasteiger partial charge in [-0.1, -0.05) is 44.1 Å². The molecule has 22 heavy (non-hydrogen) atoms. The van der Waals surface area contributed by atoms with Gasteiger partial charge < -0.3 is 9.90 Å². The first kappa shape index (κ1) is 17.5. The number of rotatable bonds is 5. The third-order valence-corrected chi connectivity index (χ3v) is 6.60. The zero-order chi connectivity index (χ0) is 16.4. The van der Waals surface area contributed by atoms with Crippen LogP contribution in [0.15, 0.2) is 23.8 Å². The summed E-state index contributed by atoms with van der Waals surface area (Å²) < 4.78 is 0. The van der Waals surface area contributed by atoms with Gasteiger partial charge >= 0.3 is 0 Å². The van der Waals surface area contributed by atoms with Gasteiger partial charge in [0.15, 0.2) is 0 Å². The number of fused-ring (bicyclic) bond motifs is 1. The van der Waals surface area contributed by atoms with Crippen molar-refractivity contribution in [1.29, 1.82) is 0 Å². The monoisotopic (exact) mass is 304 g/mol. The Balaban J connectivity index is 2.22. The van der Waals surface area contributed by atoms with Crippen LogP contribution < -0.4 is 0 Å². The first-order valence-electron chi connectivity index (χ1n) is 8.78. The zero-order valence-corrected chi connectivity index (χ0v) is 14.5. The highest BCUT2D eigenvalue weighted by Crippen LogP contribution is 2.61. The first-order valence-corrected chi connectivity index (χ1v) is 8.78. The third kappa shape index (κ3) is 3.08. The van der Waals surface area contributed by atoms with Gasteiger partial charge in [0.05, 0.1) is 6.61 Å². The Morgan fingerprint density at radius 2 is 2.14 bits per heavy atom. The van der Waals surface area contributed by atoms with Crippen molar-refractivity contribution in [2.75, 3.05) is 6.61 Å². The SMILES string of the molecule is C=C1CC[C@@H]2[C@](C)(CCC[C@]2(C)C=O)[C@H]1CCC(C)=CCO. The van der Waals surface area contributed by atoms with Crippen LogP contribution in [-0.4, -0.2) is 18.0 Å². The Labute approximate surface area is 135 Å². The third-order valence-electron chi connectivity index (χ3n) is 6.60. The summed E-state index contributed by atoms with van der Waals surface area (Å²) >= 11 is 0. The normalized spacial score (nSPS) is 39.5. The molecule has 0 aromatic heterocycles. The molecule has 2 heteroatoms. The van der Waals surface area contributed by atoms with Crippen molar-refractivity contribution >= 4 is 6.29 Å². The smallest absolute Gasteiger partial charge is 0.126 e. The second kappa shape index (κ2) is 6.70. The minimum Gasteiger partial charge on any atom is -0.392 e. The van der Waals surface area contributed by atoms with Crippen LogP contribution in [0.1, 0.15) is 65.7 Å². The van der Waals surface area contributed by atoms with Crippen LogP contribution in [0.2, 0.25) is 0 Å². The molecule has 4 atom stereocenters. The van der Waals surface area contributed by atoms with E-state index in [4.69, 9.17) is 5.11 Å². The molecule has 0 spiro atoms. The fourth-order valence-electron chi connectivity index (χ4n) is 5.30. The van der Waals surface area contributed by atoms with Crippen LogP contribution in [0.25, 0.3) is 0 Å². The fourth-order valence-corrected chi connectivity index (χ4v) is 5.30. The number of hydrogen-bond donors (Lipinski definition) is 1. The molecule has 2 saturated carbocycles. The standard InChI is InChI=1S/C20H32O2/c1-15(10-13-21)6-8-17-16(2)7-9-18-19(3,14-22)11-5-12-20(17,18)4/h10,14,17-18,21H,2,5-9,11-13H2,1,3-4H3/t17-,18-,19+,20+/m0/s1. The molecule has 0 heterocycles. The van der Waals surface area contributed by atoms with Crippen molar-refractivity contribution < 1.29 is 9.90 Å². The van der Waals surface area contributed by atoms with E-state index in [0.717, 1.165) is 38.5 Å². The van der Waals surface area contributed by atoms with E-state index < -0.39 is 0 Å². The summed E-state index contributed by atoms with van der Waals surface area (Å²) in [6.45, 7) is 11.2. The second-order valence-corrected chi connectivity index (χ2v) is 8.06. The molecule has 2 nitrogen and oxygen atoms in total. The molecule has 0 aromatic carbocycles. The van der Waals surface area contributed by atoms with Crippen molar-refractivity contribution in [3.8, 4) is 0 Å². The summed E-state index contributed by atoms with van der Waals surface area (Å²) in [5.74, 6) is 0.997. The van der Waals surface area contributed by atoms with Crippen LogP contribution in [-0.2, 0) is 4.79 Å².